The van der Waals surface area contributed by atoms with Crippen LogP contribution in [0.1, 0.15) is 41.7 Å². The van der Waals surface area contributed by atoms with Crippen molar-refractivity contribution in [3.8, 4) is 5.75 Å². The number of nitrogens with zero attached hydrogens (tertiary/aromatic N) is 3. The molecular weight excluding hydrogens is 316 g/mol. The molecule has 0 bridgehead atoms. The van der Waals surface area contributed by atoms with Crippen LogP contribution in [0.2, 0.25) is 0 Å². The lowest BCUT2D eigenvalue weighted by atomic mass is 10.00. The number of rotatable bonds is 5. The zero-order valence-electron chi connectivity index (χ0n) is 15.1. The van der Waals surface area contributed by atoms with Gasteiger partial charge in [-0.1, -0.05) is 12.1 Å². The first kappa shape index (κ1) is 17.5. The second-order valence-corrected chi connectivity index (χ2v) is 6.64. The molecule has 1 aliphatic rings. The standard InChI is InChI=1S/C19H26N4O2/c1-14(15-5-4-6-18(11-15)25-3)23-9-7-17(8-10-23)21-19(24)16-12-20-22(2)13-16/h4-6,11-14,17H,7-10H2,1-3H3,(H,21,24)/t14-/m0/s1. The number of nitrogens with one attached hydrogen (secondary N) is 1. The average Bonchev–Trinajstić information content (AvgIpc) is 3.08. The van der Waals surface area contributed by atoms with Gasteiger partial charge in [-0.3, -0.25) is 14.4 Å². The highest BCUT2D eigenvalue weighted by Crippen LogP contribution is 2.26. The van der Waals surface area contributed by atoms with Gasteiger partial charge in [-0.05, 0) is 37.5 Å². The maximum Gasteiger partial charge on any atom is 0.254 e. The van der Waals surface area contributed by atoms with Crippen LogP contribution in [0.3, 0.4) is 0 Å². The smallest absolute Gasteiger partial charge is 0.254 e. The lowest BCUT2D eigenvalue weighted by Crippen LogP contribution is -2.45. The summed E-state index contributed by atoms with van der Waals surface area (Å²) in [5, 5.41) is 7.18. The number of hydrogen-bond donors (Lipinski definition) is 1. The van der Waals surface area contributed by atoms with Crippen LogP contribution in [0.5, 0.6) is 5.75 Å². The SMILES string of the molecule is COc1cccc([C@H](C)N2CCC(NC(=O)c3cnn(C)c3)CC2)c1. The predicted molar refractivity (Wildman–Crippen MR) is 96.7 cm³/mol. The van der Waals surface area contributed by atoms with Crippen LogP contribution < -0.4 is 10.1 Å². The zero-order valence-corrected chi connectivity index (χ0v) is 15.1. The number of benzene rings is 1. The molecule has 1 aromatic heterocycles. The lowest BCUT2D eigenvalue weighted by molar-refractivity contribution is 0.0896. The Morgan fingerprint density at radius 2 is 2.12 bits per heavy atom. The van der Waals surface area contributed by atoms with Gasteiger partial charge in [0.1, 0.15) is 5.75 Å². The molecule has 1 atom stereocenters. The fraction of sp³-hybridized carbons (Fsp3) is 0.474. The molecule has 1 aliphatic heterocycles. The van der Waals surface area contributed by atoms with E-state index in [1.54, 1.807) is 24.2 Å². The van der Waals surface area contributed by atoms with E-state index >= 15 is 0 Å². The number of ether oxygens (including phenoxy) is 1. The van der Waals surface area contributed by atoms with Crippen molar-refractivity contribution in [3.63, 3.8) is 0 Å². The molecule has 2 aromatic rings. The summed E-state index contributed by atoms with van der Waals surface area (Å²) < 4.78 is 6.97. The number of carbonyl (C=O) groups excluding carboxylic acids is 1. The van der Waals surface area contributed by atoms with Gasteiger partial charge in [-0.15, -0.1) is 0 Å². The van der Waals surface area contributed by atoms with E-state index in [1.807, 2.05) is 19.2 Å². The van der Waals surface area contributed by atoms with Crippen LogP contribution in [0.15, 0.2) is 36.7 Å². The molecule has 1 saturated heterocycles. The van der Waals surface area contributed by atoms with Crippen molar-refractivity contribution in [2.45, 2.75) is 31.8 Å². The molecule has 0 saturated carbocycles. The summed E-state index contributed by atoms with van der Waals surface area (Å²) in [6, 6.07) is 8.80. The second kappa shape index (κ2) is 7.70. The van der Waals surface area contributed by atoms with Crippen molar-refractivity contribution in [1.29, 1.82) is 0 Å². The minimum Gasteiger partial charge on any atom is -0.497 e. The number of methoxy groups -OCH3 is 1. The van der Waals surface area contributed by atoms with Gasteiger partial charge in [0.05, 0.1) is 18.9 Å². The van der Waals surface area contributed by atoms with Gasteiger partial charge < -0.3 is 10.1 Å². The van der Waals surface area contributed by atoms with E-state index in [0.717, 1.165) is 31.7 Å². The number of hydrogen-bond acceptors (Lipinski definition) is 4. The molecule has 6 nitrogen and oxygen atoms in total. The van der Waals surface area contributed by atoms with Crippen molar-refractivity contribution in [2.75, 3.05) is 20.2 Å². The van der Waals surface area contributed by atoms with Gasteiger partial charge in [0.25, 0.3) is 5.91 Å². The highest BCUT2D eigenvalue weighted by Gasteiger charge is 2.25. The number of likely N-dealkylation sites (tertiary alicyclic amines) is 1. The molecule has 0 radical (unpaired) electrons. The fourth-order valence-corrected chi connectivity index (χ4v) is 3.35. The van der Waals surface area contributed by atoms with Crippen LogP contribution in [0.4, 0.5) is 0 Å². The minimum atomic E-state index is -0.0348. The van der Waals surface area contributed by atoms with E-state index in [4.69, 9.17) is 4.74 Å². The molecule has 1 fully saturated rings. The van der Waals surface area contributed by atoms with Crippen LogP contribution in [-0.4, -0.2) is 46.8 Å². The summed E-state index contributed by atoms with van der Waals surface area (Å²) in [5.74, 6) is 0.857. The number of amides is 1. The Labute approximate surface area is 148 Å². The topological polar surface area (TPSA) is 59.4 Å². The third-order valence-electron chi connectivity index (χ3n) is 4.96. The van der Waals surface area contributed by atoms with Crippen molar-refractivity contribution >= 4 is 5.91 Å². The highest BCUT2D eigenvalue weighted by atomic mass is 16.5. The van der Waals surface area contributed by atoms with E-state index in [9.17, 15) is 4.79 Å². The normalized spacial score (nSPS) is 17.2. The Morgan fingerprint density at radius 1 is 1.36 bits per heavy atom. The molecule has 1 aromatic carbocycles. The molecule has 1 amide bonds. The predicted octanol–water partition coefficient (Wildman–Crippen LogP) is 2.38. The van der Waals surface area contributed by atoms with Gasteiger partial charge in [0.2, 0.25) is 0 Å². The number of aryl methyl sites for hydroxylation is 1. The molecule has 25 heavy (non-hydrogen) atoms. The van der Waals surface area contributed by atoms with Crippen molar-refractivity contribution in [3.05, 3.63) is 47.8 Å². The first-order chi connectivity index (χ1) is 12.1. The molecule has 0 aliphatic carbocycles. The van der Waals surface area contributed by atoms with Gasteiger partial charge in [0.15, 0.2) is 0 Å². The van der Waals surface area contributed by atoms with Crippen LogP contribution in [-0.2, 0) is 7.05 Å². The Morgan fingerprint density at radius 3 is 2.76 bits per heavy atom. The number of carbonyl (C=O) groups is 1. The Hall–Kier alpha value is -2.34. The number of piperidine rings is 1. The van der Waals surface area contributed by atoms with Crippen molar-refractivity contribution in [1.82, 2.24) is 20.0 Å². The maximum absolute atomic E-state index is 12.2. The third-order valence-corrected chi connectivity index (χ3v) is 4.96. The van der Waals surface area contributed by atoms with Crippen LogP contribution in [0.25, 0.3) is 0 Å². The Balaban J connectivity index is 1.53. The Bertz CT molecular complexity index is 720. The summed E-state index contributed by atoms with van der Waals surface area (Å²) >= 11 is 0. The average molecular weight is 342 g/mol. The lowest BCUT2D eigenvalue weighted by Gasteiger charge is -2.36. The van der Waals surface area contributed by atoms with Crippen LogP contribution in [0, 0.1) is 0 Å². The molecular formula is C19H26N4O2. The van der Waals surface area contributed by atoms with E-state index in [-0.39, 0.29) is 11.9 Å². The van der Waals surface area contributed by atoms with Crippen molar-refractivity contribution in [2.24, 2.45) is 7.05 Å². The minimum absolute atomic E-state index is 0.0348. The molecule has 3 rings (SSSR count). The molecule has 134 valence electrons. The van der Waals surface area contributed by atoms with Crippen LogP contribution >= 0.6 is 0 Å². The first-order valence-corrected chi connectivity index (χ1v) is 8.74. The van der Waals surface area contributed by atoms with Gasteiger partial charge in [-0.2, -0.15) is 5.10 Å². The van der Waals surface area contributed by atoms with Gasteiger partial charge in [0, 0.05) is 38.4 Å². The zero-order chi connectivity index (χ0) is 17.8. The Kier molecular flexibility index (Phi) is 5.38. The number of aromatic nitrogens is 2. The van der Waals surface area contributed by atoms with Gasteiger partial charge in [-0.25, -0.2) is 0 Å². The summed E-state index contributed by atoms with van der Waals surface area (Å²) in [6.07, 6.45) is 5.27. The summed E-state index contributed by atoms with van der Waals surface area (Å²) in [4.78, 5) is 14.7. The molecule has 2 heterocycles. The second-order valence-electron chi connectivity index (χ2n) is 6.64. The molecule has 0 spiro atoms. The summed E-state index contributed by atoms with van der Waals surface area (Å²) in [5.41, 5.74) is 1.88. The van der Waals surface area contributed by atoms with Gasteiger partial charge >= 0.3 is 0 Å². The molecule has 1 N–H and O–H groups in total. The quantitative estimate of drug-likeness (QED) is 0.906. The fourth-order valence-electron chi connectivity index (χ4n) is 3.35. The van der Waals surface area contributed by atoms with E-state index in [2.05, 4.69) is 34.4 Å². The van der Waals surface area contributed by atoms with Crippen molar-refractivity contribution < 1.29 is 9.53 Å². The van der Waals surface area contributed by atoms with E-state index in [0.29, 0.717) is 11.6 Å². The molecule has 0 unspecified atom stereocenters. The maximum atomic E-state index is 12.2. The van der Waals surface area contributed by atoms with E-state index < -0.39 is 0 Å². The molecule has 6 heteroatoms. The largest absolute Gasteiger partial charge is 0.497 e. The monoisotopic (exact) mass is 342 g/mol. The highest BCUT2D eigenvalue weighted by molar-refractivity contribution is 5.93. The van der Waals surface area contributed by atoms with E-state index in [1.165, 1.54) is 5.56 Å². The summed E-state index contributed by atoms with van der Waals surface area (Å²) in [6.45, 7) is 4.16. The first-order valence-electron chi connectivity index (χ1n) is 8.74. The third kappa shape index (κ3) is 4.20. The summed E-state index contributed by atoms with van der Waals surface area (Å²) in [7, 11) is 3.51.